The zero-order valence-corrected chi connectivity index (χ0v) is 35.0. The number of benzene rings is 5. The van der Waals surface area contributed by atoms with Gasteiger partial charge in [-0.25, -0.2) is 0 Å². The highest BCUT2D eigenvalue weighted by Crippen LogP contribution is 2.45. The molecule has 0 spiro atoms. The molecule has 6 aromatic rings. The largest absolute Gasteiger partial charge is 0.293 e. The summed E-state index contributed by atoms with van der Waals surface area (Å²) in [5.74, 6) is 0. The van der Waals surface area contributed by atoms with Crippen LogP contribution in [0.1, 0.15) is 89.5 Å². The molecule has 5 aromatic carbocycles. The smallest absolute Gasteiger partial charge is 0.219 e. The number of anilines is 1. The Labute approximate surface area is 345 Å². The van der Waals surface area contributed by atoms with Crippen molar-refractivity contribution in [2.45, 2.75) is 67.2 Å². The first kappa shape index (κ1) is 39.8. The fourth-order valence-electron chi connectivity index (χ4n) is 8.31. The molecule has 0 amide bonds. The van der Waals surface area contributed by atoms with Crippen molar-refractivity contribution in [1.29, 1.82) is 0 Å². The minimum absolute atomic E-state index is 1.04. The van der Waals surface area contributed by atoms with E-state index in [2.05, 4.69) is 198 Å². The van der Waals surface area contributed by atoms with E-state index in [0.29, 0.717) is 0 Å². The molecule has 2 heterocycles. The van der Waals surface area contributed by atoms with Crippen LogP contribution in [0, 0.1) is 0 Å². The fourth-order valence-corrected chi connectivity index (χ4v) is 8.31. The Bertz CT molecular complexity index is 2680. The van der Waals surface area contributed by atoms with E-state index in [9.17, 15) is 0 Å². The SMILES string of the molecule is C/C=C\C=C/C=[N+]1C2=C(C=CCC2)c2cc(-c3ccc4c(c3)c3ccccc3n4Nc3ccc(C4=CC=CCC4)cc3/C(=C\C)c3ccccc3)ccc21.CC.CC. The summed E-state index contributed by atoms with van der Waals surface area (Å²) in [4.78, 5) is 0. The molecule has 1 aliphatic heterocycles. The summed E-state index contributed by atoms with van der Waals surface area (Å²) < 4.78 is 4.65. The van der Waals surface area contributed by atoms with Crippen LogP contribution < -0.4 is 5.43 Å². The quantitative estimate of drug-likeness (QED) is 0.121. The lowest BCUT2D eigenvalue weighted by molar-refractivity contribution is -0.375. The van der Waals surface area contributed by atoms with Gasteiger partial charge in [0.15, 0.2) is 11.9 Å². The van der Waals surface area contributed by atoms with Gasteiger partial charge in [-0.1, -0.05) is 143 Å². The number of nitrogens with zero attached hydrogens (tertiary/aromatic N) is 2. The van der Waals surface area contributed by atoms with Crippen LogP contribution in [0.25, 0.3) is 49.7 Å². The molecule has 0 fully saturated rings. The van der Waals surface area contributed by atoms with Crippen molar-refractivity contribution < 1.29 is 4.58 Å². The van der Waals surface area contributed by atoms with Gasteiger partial charge in [-0.05, 0) is 109 Å². The van der Waals surface area contributed by atoms with E-state index < -0.39 is 0 Å². The molecule has 0 saturated heterocycles. The van der Waals surface area contributed by atoms with Gasteiger partial charge < -0.3 is 0 Å². The summed E-state index contributed by atoms with van der Waals surface area (Å²) in [6, 6.07) is 40.3. The van der Waals surface area contributed by atoms with E-state index in [4.69, 9.17) is 0 Å². The van der Waals surface area contributed by atoms with Crippen molar-refractivity contribution in [3.63, 3.8) is 0 Å². The molecule has 0 unspecified atom stereocenters. The zero-order valence-electron chi connectivity index (χ0n) is 35.0. The predicted octanol–water partition coefficient (Wildman–Crippen LogP) is 15.5. The second kappa shape index (κ2) is 18.7. The van der Waals surface area contributed by atoms with E-state index in [1.54, 1.807) is 0 Å². The van der Waals surface area contributed by atoms with Gasteiger partial charge in [0.05, 0.1) is 27.9 Å². The van der Waals surface area contributed by atoms with Gasteiger partial charge in [0, 0.05) is 34.9 Å². The predicted molar refractivity (Wildman–Crippen MR) is 254 cm³/mol. The van der Waals surface area contributed by atoms with Crippen molar-refractivity contribution in [1.82, 2.24) is 4.68 Å². The van der Waals surface area contributed by atoms with Gasteiger partial charge in [0.2, 0.25) is 5.69 Å². The third-order valence-corrected chi connectivity index (χ3v) is 10.9. The fraction of sp³-hybridized carbons (Fsp3) is 0.182. The third-order valence-electron chi connectivity index (χ3n) is 10.9. The Hall–Kier alpha value is -6.45. The Morgan fingerprint density at radius 3 is 2.21 bits per heavy atom. The molecule has 290 valence electrons. The lowest BCUT2D eigenvalue weighted by Gasteiger charge is -2.20. The van der Waals surface area contributed by atoms with Crippen molar-refractivity contribution in [2.24, 2.45) is 0 Å². The summed E-state index contributed by atoms with van der Waals surface area (Å²) in [7, 11) is 0. The maximum atomic E-state index is 3.92. The Morgan fingerprint density at radius 1 is 0.672 bits per heavy atom. The van der Waals surface area contributed by atoms with Crippen LogP contribution in [-0.4, -0.2) is 15.5 Å². The zero-order chi connectivity index (χ0) is 40.4. The number of para-hydroxylation sites is 1. The molecular formula is C55H56N3+. The van der Waals surface area contributed by atoms with E-state index in [-0.39, 0.29) is 0 Å². The van der Waals surface area contributed by atoms with Gasteiger partial charge in [-0.3, -0.25) is 10.1 Å². The topological polar surface area (TPSA) is 20.0 Å². The van der Waals surface area contributed by atoms with E-state index in [0.717, 1.165) is 42.4 Å². The molecule has 1 aromatic heterocycles. The summed E-state index contributed by atoms with van der Waals surface area (Å²) in [5, 5.41) is 2.45. The first-order valence-corrected chi connectivity index (χ1v) is 21.2. The summed E-state index contributed by atoms with van der Waals surface area (Å²) in [6.07, 6.45) is 28.4. The lowest BCUT2D eigenvalue weighted by Crippen LogP contribution is -2.11. The second-order valence-electron chi connectivity index (χ2n) is 14.1. The summed E-state index contributed by atoms with van der Waals surface area (Å²) >= 11 is 0. The van der Waals surface area contributed by atoms with Crippen LogP contribution >= 0.6 is 0 Å². The lowest BCUT2D eigenvalue weighted by atomic mass is 9.91. The maximum Gasteiger partial charge on any atom is 0.219 e. The van der Waals surface area contributed by atoms with E-state index in [1.165, 1.54) is 72.3 Å². The summed E-state index contributed by atoms with van der Waals surface area (Å²) in [6.45, 7) is 12.2. The van der Waals surface area contributed by atoms with Crippen LogP contribution in [0.5, 0.6) is 0 Å². The molecule has 3 heteroatoms. The molecule has 2 aliphatic carbocycles. The van der Waals surface area contributed by atoms with Crippen molar-refractivity contribution in [3.05, 3.63) is 198 Å². The monoisotopic (exact) mass is 758 g/mol. The van der Waals surface area contributed by atoms with Crippen molar-refractivity contribution >= 4 is 56.1 Å². The van der Waals surface area contributed by atoms with Crippen LogP contribution in [0.4, 0.5) is 11.4 Å². The highest BCUT2D eigenvalue weighted by molar-refractivity contribution is 6.10. The molecule has 3 nitrogen and oxygen atoms in total. The van der Waals surface area contributed by atoms with E-state index in [1.807, 2.05) is 34.6 Å². The second-order valence-corrected chi connectivity index (χ2v) is 14.1. The number of hydrogen-bond donors (Lipinski definition) is 1. The van der Waals surface area contributed by atoms with Crippen LogP contribution in [0.3, 0.4) is 0 Å². The molecule has 3 aliphatic rings. The Balaban J connectivity index is 0.00000124. The molecule has 1 N–H and O–H groups in total. The number of allylic oxidation sites excluding steroid dienone is 13. The van der Waals surface area contributed by atoms with Gasteiger partial charge in [0.1, 0.15) is 0 Å². The molecular weight excluding hydrogens is 703 g/mol. The van der Waals surface area contributed by atoms with Gasteiger partial charge in [-0.2, -0.15) is 4.58 Å². The molecule has 9 rings (SSSR count). The average molecular weight is 759 g/mol. The minimum Gasteiger partial charge on any atom is -0.293 e. The molecule has 0 bridgehead atoms. The standard InChI is InChI=1S/C51H44N3.2C2H6/c1-3-5-6-17-32-53-48-24-15-13-22-42(48)45-34-39(27-30-49(45)53)40-28-31-51-46(35-40)43-23-14-16-25-50(43)54(51)52-47-29-26-38(36-18-9-7-10-19-36)33-44(47)41(4-2)37-20-11-8-12-21-37;2*1-2/h3-9,11-14,16-18,20-23,25-35,52H,10,15,19,24H2,1-2H3;2*1-2H3/q+1;;/b5-3-,17-6-,41-4-,53-32?;;. The Kier molecular flexibility index (Phi) is 12.8. The molecule has 0 atom stereocenters. The third kappa shape index (κ3) is 7.78. The highest BCUT2D eigenvalue weighted by Gasteiger charge is 2.34. The molecule has 0 saturated carbocycles. The van der Waals surface area contributed by atoms with Crippen LogP contribution in [-0.2, 0) is 0 Å². The van der Waals surface area contributed by atoms with Gasteiger partial charge in [-0.15, -0.1) is 0 Å². The van der Waals surface area contributed by atoms with Gasteiger partial charge >= 0.3 is 0 Å². The van der Waals surface area contributed by atoms with Gasteiger partial charge in [0.25, 0.3) is 0 Å². The summed E-state index contributed by atoms with van der Waals surface area (Å²) in [5.41, 5.74) is 21.2. The normalized spacial score (nSPS) is 15.4. The molecule has 0 radical (unpaired) electrons. The van der Waals surface area contributed by atoms with Crippen LogP contribution in [0.2, 0.25) is 0 Å². The van der Waals surface area contributed by atoms with Crippen LogP contribution in [0.15, 0.2) is 176 Å². The first-order valence-electron chi connectivity index (χ1n) is 21.2. The minimum atomic E-state index is 1.04. The number of aromatic nitrogens is 1. The number of rotatable bonds is 8. The maximum absolute atomic E-state index is 3.92. The molecule has 58 heavy (non-hydrogen) atoms. The first-order chi connectivity index (χ1) is 28.7. The Morgan fingerprint density at radius 2 is 1.41 bits per heavy atom. The number of fused-ring (bicyclic) bond motifs is 5. The van der Waals surface area contributed by atoms with Crippen molar-refractivity contribution in [2.75, 3.05) is 5.43 Å². The highest BCUT2D eigenvalue weighted by atomic mass is 15.4. The average Bonchev–Trinajstić information content (AvgIpc) is 3.79. The number of hydrogen-bond acceptors (Lipinski definition) is 1. The van der Waals surface area contributed by atoms with E-state index >= 15 is 0 Å². The number of nitrogens with one attached hydrogen (secondary N) is 1. The van der Waals surface area contributed by atoms with Crippen molar-refractivity contribution in [3.8, 4) is 11.1 Å².